The smallest absolute Gasteiger partial charge is 0.295 e. The van der Waals surface area contributed by atoms with Crippen LogP contribution in [0.1, 0.15) is 57.7 Å². The summed E-state index contributed by atoms with van der Waals surface area (Å²) in [4.78, 5) is 27.5. The van der Waals surface area contributed by atoms with Gasteiger partial charge in [0.25, 0.3) is 11.7 Å². The molecule has 0 spiro atoms. The number of benzene rings is 2. The quantitative estimate of drug-likeness (QED) is 0.336. The highest BCUT2D eigenvalue weighted by atomic mass is 16.5. The molecule has 0 saturated carbocycles. The highest BCUT2D eigenvalue weighted by Gasteiger charge is 2.45. The molecule has 1 aliphatic heterocycles. The second-order valence-electron chi connectivity index (χ2n) is 8.04. The minimum absolute atomic E-state index is 0.0134. The third-order valence-electron chi connectivity index (χ3n) is 5.28. The number of amides is 1. The van der Waals surface area contributed by atoms with Crippen LogP contribution in [-0.4, -0.2) is 41.0 Å². The number of carbonyl (C=O) groups excluding carboxylic acids is 2. The molecule has 1 aliphatic rings. The highest BCUT2D eigenvalue weighted by Crippen LogP contribution is 2.40. The zero-order chi connectivity index (χ0) is 23.3. The Morgan fingerprint density at radius 1 is 1.06 bits per heavy atom. The molecule has 170 valence electrons. The molecule has 1 heterocycles. The molecule has 1 fully saturated rings. The predicted molar refractivity (Wildman–Crippen MR) is 124 cm³/mol. The molecule has 0 aliphatic carbocycles. The van der Waals surface area contributed by atoms with E-state index in [4.69, 9.17) is 9.47 Å². The van der Waals surface area contributed by atoms with E-state index in [9.17, 15) is 14.7 Å². The molecule has 6 heteroatoms. The van der Waals surface area contributed by atoms with E-state index < -0.39 is 17.7 Å². The van der Waals surface area contributed by atoms with E-state index in [1.165, 1.54) is 0 Å². The van der Waals surface area contributed by atoms with E-state index in [2.05, 4.69) is 0 Å². The maximum atomic E-state index is 13.0. The summed E-state index contributed by atoms with van der Waals surface area (Å²) in [5.41, 5.74) is 1.28. The molecule has 0 radical (unpaired) electrons. The minimum atomic E-state index is -0.677. The van der Waals surface area contributed by atoms with Crippen molar-refractivity contribution in [3.63, 3.8) is 0 Å². The predicted octanol–water partition coefficient (Wildman–Crippen LogP) is 5.09. The van der Waals surface area contributed by atoms with Crippen LogP contribution in [0.25, 0.3) is 5.76 Å². The second kappa shape index (κ2) is 10.4. The van der Waals surface area contributed by atoms with Gasteiger partial charge in [0, 0.05) is 12.1 Å². The van der Waals surface area contributed by atoms with Crippen molar-refractivity contribution in [1.82, 2.24) is 4.90 Å². The number of likely N-dealkylation sites (tertiary alicyclic amines) is 1. The summed E-state index contributed by atoms with van der Waals surface area (Å²) in [6.07, 6.45) is 1.63. The molecule has 2 aromatic carbocycles. The van der Waals surface area contributed by atoms with Crippen LogP contribution in [0.4, 0.5) is 0 Å². The van der Waals surface area contributed by atoms with Crippen molar-refractivity contribution < 1.29 is 24.2 Å². The van der Waals surface area contributed by atoms with Crippen LogP contribution >= 0.6 is 0 Å². The second-order valence-corrected chi connectivity index (χ2v) is 8.04. The van der Waals surface area contributed by atoms with E-state index >= 15 is 0 Å². The van der Waals surface area contributed by atoms with Crippen LogP contribution in [0, 0.1) is 0 Å². The summed E-state index contributed by atoms with van der Waals surface area (Å²) in [5, 5.41) is 11.1. The SMILES string of the molecule is CCCCN1C(=O)C(=O)/C(=C(\O)c2ccc(OCC)cc2)C1c1cccc(OC(C)C)c1. The number of hydrogen-bond donors (Lipinski definition) is 1. The molecule has 0 bridgehead atoms. The number of aliphatic hydroxyl groups excluding tert-OH is 1. The fraction of sp³-hybridized carbons (Fsp3) is 0.385. The van der Waals surface area contributed by atoms with Gasteiger partial charge < -0.3 is 19.5 Å². The lowest BCUT2D eigenvalue weighted by atomic mass is 9.95. The molecule has 2 aromatic rings. The van der Waals surface area contributed by atoms with Crippen molar-refractivity contribution in [2.75, 3.05) is 13.2 Å². The fourth-order valence-corrected chi connectivity index (χ4v) is 3.85. The molecule has 0 aromatic heterocycles. The lowest BCUT2D eigenvalue weighted by Crippen LogP contribution is -2.30. The maximum Gasteiger partial charge on any atom is 0.295 e. The first kappa shape index (κ1) is 23.4. The summed E-state index contributed by atoms with van der Waals surface area (Å²) in [6.45, 7) is 8.76. The topological polar surface area (TPSA) is 76.1 Å². The number of ether oxygens (including phenoxy) is 2. The Bertz CT molecular complexity index is 994. The first-order valence-electron chi connectivity index (χ1n) is 11.2. The van der Waals surface area contributed by atoms with Gasteiger partial charge in [-0.1, -0.05) is 25.5 Å². The zero-order valence-corrected chi connectivity index (χ0v) is 19.1. The van der Waals surface area contributed by atoms with Crippen molar-refractivity contribution in [3.8, 4) is 11.5 Å². The van der Waals surface area contributed by atoms with Crippen molar-refractivity contribution in [2.45, 2.75) is 52.7 Å². The molecule has 1 atom stereocenters. The van der Waals surface area contributed by atoms with Gasteiger partial charge in [-0.3, -0.25) is 9.59 Å². The molecule has 1 unspecified atom stereocenters. The maximum absolute atomic E-state index is 13.0. The van der Waals surface area contributed by atoms with Crippen molar-refractivity contribution >= 4 is 17.4 Å². The van der Waals surface area contributed by atoms with Crippen LogP contribution < -0.4 is 9.47 Å². The Morgan fingerprint density at radius 3 is 2.41 bits per heavy atom. The van der Waals surface area contributed by atoms with Crippen LogP contribution in [0.2, 0.25) is 0 Å². The number of hydrogen-bond acceptors (Lipinski definition) is 5. The van der Waals surface area contributed by atoms with Gasteiger partial charge in [-0.15, -0.1) is 0 Å². The third-order valence-corrected chi connectivity index (χ3v) is 5.28. The monoisotopic (exact) mass is 437 g/mol. The molecule has 6 nitrogen and oxygen atoms in total. The summed E-state index contributed by atoms with van der Waals surface area (Å²) in [5.74, 6) is -0.133. The Labute approximate surface area is 189 Å². The normalized spacial score (nSPS) is 17.8. The first-order valence-corrected chi connectivity index (χ1v) is 11.2. The minimum Gasteiger partial charge on any atom is -0.507 e. The molecular formula is C26H31NO5. The van der Waals surface area contributed by atoms with Gasteiger partial charge in [0.2, 0.25) is 0 Å². The standard InChI is InChI=1S/C26H31NO5/c1-5-7-15-27-23(19-9-8-10-21(16-19)32-17(3)4)22(25(29)26(27)30)24(28)18-11-13-20(14-12-18)31-6-2/h8-14,16-17,23,28H,5-7,15H2,1-4H3/b24-22-. The Kier molecular flexibility index (Phi) is 7.57. The van der Waals surface area contributed by atoms with E-state index in [1.54, 1.807) is 29.2 Å². The summed E-state index contributed by atoms with van der Waals surface area (Å²) in [7, 11) is 0. The average molecular weight is 438 g/mol. The number of nitrogens with zero attached hydrogens (tertiary/aromatic N) is 1. The highest BCUT2D eigenvalue weighted by molar-refractivity contribution is 6.46. The number of unbranched alkanes of at least 4 members (excludes halogenated alkanes) is 1. The van der Waals surface area contributed by atoms with E-state index in [-0.39, 0.29) is 17.4 Å². The van der Waals surface area contributed by atoms with Gasteiger partial charge in [-0.25, -0.2) is 0 Å². The van der Waals surface area contributed by atoms with Crippen molar-refractivity contribution in [2.24, 2.45) is 0 Å². The van der Waals surface area contributed by atoms with E-state index in [1.807, 2.05) is 52.0 Å². The lowest BCUT2D eigenvalue weighted by Gasteiger charge is -2.25. The number of Topliss-reactive ketones (excluding diaryl/α,β-unsaturated/α-hetero) is 1. The molecule has 1 amide bonds. The summed E-state index contributed by atoms with van der Waals surface area (Å²) in [6, 6.07) is 13.5. The number of aliphatic hydroxyl groups is 1. The molecule has 32 heavy (non-hydrogen) atoms. The molecule has 3 rings (SSSR count). The zero-order valence-electron chi connectivity index (χ0n) is 19.1. The Hall–Kier alpha value is -3.28. The Morgan fingerprint density at radius 2 is 1.78 bits per heavy atom. The molecule has 1 N–H and O–H groups in total. The van der Waals surface area contributed by atoms with Gasteiger partial charge >= 0.3 is 0 Å². The van der Waals surface area contributed by atoms with Crippen molar-refractivity contribution in [1.29, 1.82) is 0 Å². The molecular weight excluding hydrogens is 406 g/mol. The van der Waals surface area contributed by atoms with Crippen LogP contribution in [0.5, 0.6) is 11.5 Å². The van der Waals surface area contributed by atoms with Gasteiger partial charge in [-0.2, -0.15) is 0 Å². The lowest BCUT2D eigenvalue weighted by molar-refractivity contribution is -0.139. The van der Waals surface area contributed by atoms with E-state index in [0.29, 0.717) is 30.2 Å². The average Bonchev–Trinajstić information content (AvgIpc) is 3.02. The Balaban J connectivity index is 2.10. The van der Waals surface area contributed by atoms with Crippen LogP contribution in [0.15, 0.2) is 54.1 Å². The van der Waals surface area contributed by atoms with Gasteiger partial charge in [0.1, 0.15) is 17.3 Å². The number of carbonyl (C=O) groups is 2. The summed E-state index contributed by atoms with van der Waals surface area (Å²) < 4.78 is 11.3. The van der Waals surface area contributed by atoms with Crippen LogP contribution in [-0.2, 0) is 9.59 Å². The summed E-state index contributed by atoms with van der Waals surface area (Å²) >= 11 is 0. The fourth-order valence-electron chi connectivity index (χ4n) is 3.85. The van der Waals surface area contributed by atoms with E-state index in [0.717, 1.165) is 18.4 Å². The first-order chi connectivity index (χ1) is 15.4. The number of rotatable bonds is 9. The van der Waals surface area contributed by atoms with Gasteiger partial charge in [-0.05, 0) is 69.2 Å². The van der Waals surface area contributed by atoms with Gasteiger partial charge in [0.15, 0.2) is 0 Å². The van der Waals surface area contributed by atoms with Crippen molar-refractivity contribution in [3.05, 3.63) is 65.2 Å². The number of ketones is 1. The largest absolute Gasteiger partial charge is 0.507 e. The van der Waals surface area contributed by atoms with Crippen LogP contribution in [0.3, 0.4) is 0 Å². The third kappa shape index (κ3) is 4.96. The molecule has 1 saturated heterocycles. The van der Waals surface area contributed by atoms with Gasteiger partial charge in [0.05, 0.1) is 24.3 Å².